The van der Waals surface area contributed by atoms with E-state index in [1.165, 1.54) is 0 Å². The van der Waals surface area contributed by atoms with E-state index in [4.69, 9.17) is 4.74 Å². The number of rotatable bonds is 5. The van der Waals surface area contributed by atoms with E-state index in [1.807, 2.05) is 0 Å². The number of nitrogens with zero attached hydrogens (tertiary/aromatic N) is 3. The van der Waals surface area contributed by atoms with Gasteiger partial charge < -0.3 is 9.64 Å². The Kier molecular flexibility index (Phi) is 5.38. The number of aromatic nitrogens is 2. The van der Waals surface area contributed by atoms with Crippen molar-refractivity contribution < 1.29 is 4.74 Å². The Hall–Kier alpha value is -0.680. The lowest BCUT2D eigenvalue weighted by Crippen LogP contribution is -2.37. The molecule has 18 heavy (non-hydrogen) atoms. The Bertz CT molecular complexity index is 367. The second-order valence-corrected chi connectivity index (χ2v) is 5.26. The minimum atomic E-state index is 0.409. The van der Waals surface area contributed by atoms with Crippen molar-refractivity contribution in [3.8, 4) is 0 Å². The Labute approximate surface area is 117 Å². The predicted octanol–water partition coefficient (Wildman–Crippen LogP) is 2.42. The van der Waals surface area contributed by atoms with Crippen molar-refractivity contribution in [2.75, 3.05) is 29.9 Å². The molecule has 2 rings (SSSR count). The zero-order chi connectivity index (χ0) is 12.8. The summed E-state index contributed by atoms with van der Waals surface area (Å²) in [6.45, 7) is 4.96. The molecule has 1 aromatic heterocycles. The number of aryl methyl sites for hydroxylation is 1. The molecule has 1 saturated heterocycles. The lowest BCUT2D eigenvalue weighted by atomic mass is 10.1. The number of alkyl halides is 1. The van der Waals surface area contributed by atoms with Gasteiger partial charge in [-0.25, -0.2) is 9.97 Å². The SMILES string of the molecule is CCc1cc(N2CCC(OCCBr)CC2)ncn1. The molecule has 2 heterocycles. The van der Waals surface area contributed by atoms with Crippen LogP contribution in [0.1, 0.15) is 25.5 Å². The van der Waals surface area contributed by atoms with E-state index in [0.29, 0.717) is 6.10 Å². The summed E-state index contributed by atoms with van der Waals surface area (Å²) in [6.07, 6.45) is 5.20. The van der Waals surface area contributed by atoms with Gasteiger partial charge in [0.15, 0.2) is 0 Å². The summed E-state index contributed by atoms with van der Waals surface area (Å²) in [7, 11) is 0. The largest absolute Gasteiger partial charge is 0.377 e. The summed E-state index contributed by atoms with van der Waals surface area (Å²) in [5.74, 6) is 1.06. The van der Waals surface area contributed by atoms with E-state index in [-0.39, 0.29) is 0 Å². The Balaban J connectivity index is 1.88. The van der Waals surface area contributed by atoms with Crippen molar-refractivity contribution in [1.29, 1.82) is 0 Å². The molecule has 1 aliphatic heterocycles. The van der Waals surface area contributed by atoms with Gasteiger partial charge in [0.1, 0.15) is 12.1 Å². The Morgan fingerprint density at radius 2 is 2.17 bits per heavy atom. The van der Waals surface area contributed by atoms with Crippen molar-refractivity contribution >= 4 is 21.7 Å². The van der Waals surface area contributed by atoms with Crippen LogP contribution in [-0.2, 0) is 11.2 Å². The van der Waals surface area contributed by atoms with E-state index in [2.05, 4.69) is 43.8 Å². The first-order chi connectivity index (χ1) is 8.83. The van der Waals surface area contributed by atoms with Crippen LogP contribution in [-0.4, -0.2) is 41.1 Å². The maximum absolute atomic E-state index is 5.75. The van der Waals surface area contributed by atoms with Gasteiger partial charge in [0.25, 0.3) is 0 Å². The molecule has 0 aromatic carbocycles. The standard InChI is InChI=1S/C13H20BrN3O/c1-2-11-9-13(16-10-15-11)17-6-3-12(4-7-17)18-8-5-14/h9-10,12H,2-8H2,1H3. The van der Waals surface area contributed by atoms with Crippen LogP contribution in [0.4, 0.5) is 5.82 Å². The molecule has 1 aliphatic rings. The van der Waals surface area contributed by atoms with Crippen LogP contribution in [0.3, 0.4) is 0 Å². The molecular formula is C13H20BrN3O. The van der Waals surface area contributed by atoms with Crippen molar-refractivity contribution in [3.05, 3.63) is 18.1 Å². The van der Waals surface area contributed by atoms with Crippen LogP contribution in [0.25, 0.3) is 0 Å². The van der Waals surface area contributed by atoms with Crippen LogP contribution in [0.5, 0.6) is 0 Å². The zero-order valence-corrected chi connectivity index (χ0v) is 12.4. The highest BCUT2D eigenvalue weighted by molar-refractivity contribution is 9.09. The molecule has 0 bridgehead atoms. The first-order valence-corrected chi connectivity index (χ1v) is 7.69. The summed E-state index contributed by atoms with van der Waals surface area (Å²) in [6, 6.07) is 2.10. The van der Waals surface area contributed by atoms with E-state index in [9.17, 15) is 0 Å². The molecule has 0 amide bonds. The number of hydrogen-bond acceptors (Lipinski definition) is 4. The molecule has 0 N–H and O–H groups in total. The summed E-state index contributed by atoms with van der Waals surface area (Å²) in [4.78, 5) is 10.9. The minimum Gasteiger partial charge on any atom is -0.377 e. The smallest absolute Gasteiger partial charge is 0.132 e. The lowest BCUT2D eigenvalue weighted by Gasteiger charge is -2.32. The Morgan fingerprint density at radius 1 is 1.39 bits per heavy atom. The third kappa shape index (κ3) is 3.65. The number of piperidine rings is 1. The topological polar surface area (TPSA) is 38.2 Å². The second kappa shape index (κ2) is 7.04. The van der Waals surface area contributed by atoms with Gasteiger partial charge in [-0.05, 0) is 19.3 Å². The van der Waals surface area contributed by atoms with Crippen molar-refractivity contribution in [2.45, 2.75) is 32.3 Å². The molecule has 0 saturated carbocycles. The molecule has 1 aromatic rings. The second-order valence-electron chi connectivity index (χ2n) is 4.47. The highest BCUT2D eigenvalue weighted by Gasteiger charge is 2.20. The molecule has 0 unspecified atom stereocenters. The third-order valence-corrected chi connectivity index (χ3v) is 3.59. The number of anilines is 1. The highest BCUT2D eigenvalue weighted by Crippen LogP contribution is 2.19. The fourth-order valence-electron chi connectivity index (χ4n) is 2.21. The van der Waals surface area contributed by atoms with Gasteiger partial charge in [-0.2, -0.15) is 0 Å². The van der Waals surface area contributed by atoms with Crippen molar-refractivity contribution in [1.82, 2.24) is 9.97 Å². The molecule has 0 spiro atoms. The van der Waals surface area contributed by atoms with Crippen LogP contribution < -0.4 is 4.90 Å². The highest BCUT2D eigenvalue weighted by atomic mass is 79.9. The maximum Gasteiger partial charge on any atom is 0.132 e. The van der Waals surface area contributed by atoms with Gasteiger partial charge >= 0.3 is 0 Å². The molecule has 0 aliphatic carbocycles. The number of hydrogen-bond donors (Lipinski definition) is 0. The van der Waals surface area contributed by atoms with E-state index in [0.717, 1.165) is 55.8 Å². The molecule has 0 atom stereocenters. The van der Waals surface area contributed by atoms with Crippen LogP contribution in [0.2, 0.25) is 0 Å². The van der Waals surface area contributed by atoms with E-state index >= 15 is 0 Å². The quantitative estimate of drug-likeness (QED) is 0.783. The fraction of sp³-hybridized carbons (Fsp3) is 0.692. The predicted molar refractivity (Wildman–Crippen MR) is 76.4 cm³/mol. The van der Waals surface area contributed by atoms with Gasteiger partial charge in [-0.1, -0.05) is 22.9 Å². The molecule has 0 radical (unpaired) electrons. The number of ether oxygens (including phenoxy) is 1. The fourth-order valence-corrected chi connectivity index (χ4v) is 2.40. The summed E-state index contributed by atoms with van der Waals surface area (Å²) < 4.78 is 5.75. The third-order valence-electron chi connectivity index (χ3n) is 3.27. The van der Waals surface area contributed by atoms with Gasteiger partial charge in [0.05, 0.1) is 12.7 Å². The maximum atomic E-state index is 5.75. The van der Waals surface area contributed by atoms with Gasteiger partial charge in [0.2, 0.25) is 0 Å². The first-order valence-electron chi connectivity index (χ1n) is 6.57. The molecule has 4 nitrogen and oxygen atoms in total. The van der Waals surface area contributed by atoms with Crippen LogP contribution in [0, 0.1) is 0 Å². The first kappa shape index (κ1) is 13.7. The lowest BCUT2D eigenvalue weighted by molar-refractivity contribution is 0.0480. The number of halogens is 1. The molecular weight excluding hydrogens is 294 g/mol. The van der Waals surface area contributed by atoms with Gasteiger partial charge in [-0.3, -0.25) is 0 Å². The molecule has 1 fully saturated rings. The molecule has 5 heteroatoms. The average Bonchev–Trinajstić information content (AvgIpc) is 2.46. The van der Waals surface area contributed by atoms with Crippen LogP contribution in [0.15, 0.2) is 12.4 Å². The minimum absolute atomic E-state index is 0.409. The Morgan fingerprint density at radius 3 is 2.83 bits per heavy atom. The zero-order valence-electron chi connectivity index (χ0n) is 10.8. The van der Waals surface area contributed by atoms with Gasteiger partial charge in [-0.15, -0.1) is 0 Å². The van der Waals surface area contributed by atoms with E-state index in [1.54, 1.807) is 6.33 Å². The summed E-state index contributed by atoms with van der Waals surface area (Å²) >= 11 is 3.39. The molecule has 100 valence electrons. The monoisotopic (exact) mass is 313 g/mol. The van der Waals surface area contributed by atoms with Crippen molar-refractivity contribution in [2.24, 2.45) is 0 Å². The average molecular weight is 314 g/mol. The van der Waals surface area contributed by atoms with Gasteiger partial charge in [0, 0.05) is 30.2 Å². The van der Waals surface area contributed by atoms with Crippen molar-refractivity contribution in [3.63, 3.8) is 0 Å². The summed E-state index contributed by atoms with van der Waals surface area (Å²) in [5, 5.41) is 0.916. The summed E-state index contributed by atoms with van der Waals surface area (Å²) in [5.41, 5.74) is 1.11. The van der Waals surface area contributed by atoms with E-state index < -0.39 is 0 Å². The normalized spacial score (nSPS) is 17.1. The van der Waals surface area contributed by atoms with Crippen LogP contribution >= 0.6 is 15.9 Å².